The van der Waals surface area contributed by atoms with Crippen LogP contribution in [0.25, 0.3) is 0 Å². The Morgan fingerprint density at radius 3 is 1.79 bits per heavy atom. The van der Waals surface area contributed by atoms with E-state index >= 15 is 0 Å². The van der Waals surface area contributed by atoms with Crippen LogP contribution in [0.3, 0.4) is 0 Å². The van der Waals surface area contributed by atoms with E-state index in [2.05, 4.69) is 71.1 Å². The molecule has 1 aliphatic heterocycles. The summed E-state index contributed by atoms with van der Waals surface area (Å²) < 4.78 is 10.3. The summed E-state index contributed by atoms with van der Waals surface area (Å²) in [7, 11) is 0. The normalized spacial score (nSPS) is 27.1. The van der Waals surface area contributed by atoms with Gasteiger partial charge in [0.25, 0.3) is 0 Å². The van der Waals surface area contributed by atoms with Gasteiger partial charge in [-0.3, -0.25) is 0 Å². The average Bonchev–Trinajstić information content (AvgIpc) is 3.02. The number of rotatable bonds is 13. The molecule has 0 aromatic rings. The third kappa shape index (κ3) is 13.5. The summed E-state index contributed by atoms with van der Waals surface area (Å²) in [6.45, 7) is 16.1. The second-order valence-electron chi connectivity index (χ2n) is 13.3. The van der Waals surface area contributed by atoms with Crippen molar-refractivity contribution < 1.29 is 34.7 Å². The molecule has 0 aromatic carbocycles. The van der Waals surface area contributed by atoms with Gasteiger partial charge < -0.3 is 29.9 Å². The van der Waals surface area contributed by atoms with Gasteiger partial charge in [-0.1, -0.05) is 133 Å². The minimum Gasteiger partial charge on any atom is -0.429 e. The van der Waals surface area contributed by atoms with Crippen LogP contribution >= 0.6 is 0 Å². The number of carbonyl (C=O) groups excluding carboxylic acids is 1. The Kier molecular flexibility index (Phi) is 16.9. The van der Waals surface area contributed by atoms with Crippen molar-refractivity contribution in [3.05, 3.63) is 130 Å². The standard InChI is InChI=1S/C41H56O7/c1-28(15-9-10-16-29(2)18-12-20-31(4)24-25-34-32(5)23-14-26-41(34,7)8)17-11-19-30(3)21-13-22-33(6)39(46)48-40-38(45)37(44)36(43)35(27-42)47-40/h9-13,15-22,24-25,35-38,40,42-45H,14,23,26-27H2,1-8H3. The second-order valence-corrected chi connectivity index (χ2v) is 13.3. The minimum absolute atomic E-state index is 0.239. The highest BCUT2D eigenvalue weighted by Crippen LogP contribution is 2.40. The van der Waals surface area contributed by atoms with Gasteiger partial charge in [0.1, 0.15) is 24.4 Å². The van der Waals surface area contributed by atoms with E-state index in [4.69, 9.17) is 9.47 Å². The molecule has 5 atom stereocenters. The molecule has 7 nitrogen and oxygen atoms in total. The lowest BCUT2D eigenvalue weighted by Gasteiger charge is -2.39. The first-order valence-corrected chi connectivity index (χ1v) is 16.6. The van der Waals surface area contributed by atoms with E-state index in [1.807, 2.05) is 56.4 Å². The van der Waals surface area contributed by atoms with Crippen molar-refractivity contribution in [2.24, 2.45) is 5.41 Å². The van der Waals surface area contributed by atoms with Gasteiger partial charge in [0, 0.05) is 5.57 Å². The molecule has 0 amide bonds. The van der Waals surface area contributed by atoms with Crippen LogP contribution in [0.2, 0.25) is 0 Å². The Labute approximate surface area is 287 Å². The molecule has 2 aliphatic rings. The third-order valence-corrected chi connectivity index (χ3v) is 8.42. The van der Waals surface area contributed by atoms with E-state index in [0.29, 0.717) is 0 Å². The van der Waals surface area contributed by atoms with Crippen molar-refractivity contribution >= 4 is 5.97 Å². The lowest BCUT2D eigenvalue weighted by molar-refractivity contribution is -0.291. The number of aliphatic hydroxyl groups excluding tert-OH is 4. The molecule has 5 unspecified atom stereocenters. The minimum atomic E-state index is -1.64. The fourth-order valence-corrected chi connectivity index (χ4v) is 5.34. The molecule has 1 heterocycles. The molecule has 0 radical (unpaired) electrons. The highest BCUT2D eigenvalue weighted by molar-refractivity contribution is 5.88. The topological polar surface area (TPSA) is 116 Å². The fourth-order valence-electron chi connectivity index (χ4n) is 5.34. The molecule has 1 aliphatic carbocycles. The lowest BCUT2D eigenvalue weighted by atomic mass is 9.72. The number of hydrogen-bond donors (Lipinski definition) is 4. The summed E-state index contributed by atoms with van der Waals surface area (Å²) >= 11 is 0. The van der Waals surface area contributed by atoms with Crippen molar-refractivity contribution in [2.75, 3.05) is 6.61 Å². The van der Waals surface area contributed by atoms with E-state index < -0.39 is 43.3 Å². The summed E-state index contributed by atoms with van der Waals surface area (Å²) in [5.41, 5.74) is 7.91. The van der Waals surface area contributed by atoms with Gasteiger partial charge in [0.05, 0.1) is 6.61 Å². The number of aliphatic hydroxyl groups is 4. The average molecular weight is 661 g/mol. The predicted molar refractivity (Wildman–Crippen MR) is 195 cm³/mol. The quantitative estimate of drug-likeness (QED) is 0.0926. The molecule has 2 rings (SSSR count). The summed E-state index contributed by atoms with van der Waals surface area (Å²) in [6, 6.07) is 0. The second kappa shape index (κ2) is 20.0. The highest BCUT2D eigenvalue weighted by Gasteiger charge is 2.45. The molecule has 0 saturated carbocycles. The Morgan fingerprint density at radius 1 is 0.771 bits per heavy atom. The van der Waals surface area contributed by atoms with E-state index in [0.717, 1.165) is 16.7 Å². The molecule has 0 spiro atoms. The van der Waals surface area contributed by atoms with Crippen LogP contribution in [0.1, 0.15) is 74.7 Å². The van der Waals surface area contributed by atoms with Crippen LogP contribution in [0.5, 0.6) is 0 Å². The SMILES string of the molecule is CC(C=CC=C(C)C=CC=C(C)C(=O)OC1OC(CO)C(O)C(O)C1O)=CC=CC=C(C)C=CC=C(C)C=CC1=C(C)CCCC1(C)C. The molecule has 1 saturated heterocycles. The largest absolute Gasteiger partial charge is 0.429 e. The van der Waals surface area contributed by atoms with Crippen molar-refractivity contribution in [1.29, 1.82) is 0 Å². The zero-order valence-corrected chi connectivity index (χ0v) is 29.9. The first kappa shape index (κ1) is 40.6. The summed E-state index contributed by atoms with van der Waals surface area (Å²) in [4.78, 5) is 12.4. The number of hydrogen-bond acceptors (Lipinski definition) is 7. The van der Waals surface area contributed by atoms with E-state index in [9.17, 15) is 25.2 Å². The third-order valence-electron chi connectivity index (χ3n) is 8.42. The molecule has 7 heteroatoms. The maximum Gasteiger partial charge on any atom is 0.336 e. The molecule has 0 aromatic heterocycles. The van der Waals surface area contributed by atoms with E-state index in [1.54, 1.807) is 19.1 Å². The molecular formula is C41H56O7. The van der Waals surface area contributed by atoms with Gasteiger partial charge >= 0.3 is 5.97 Å². The Morgan fingerprint density at radius 2 is 1.27 bits per heavy atom. The van der Waals surface area contributed by atoms with Gasteiger partial charge in [-0.2, -0.15) is 0 Å². The van der Waals surface area contributed by atoms with Crippen LogP contribution in [-0.4, -0.2) is 63.7 Å². The predicted octanol–water partition coefficient (Wildman–Crippen LogP) is 7.37. The molecule has 1 fully saturated rings. The monoisotopic (exact) mass is 660 g/mol. The van der Waals surface area contributed by atoms with Crippen LogP contribution < -0.4 is 0 Å². The lowest BCUT2D eigenvalue weighted by Crippen LogP contribution is -2.59. The zero-order valence-electron chi connectivity index (χ0n) is 29.9. The number of carbonyl (C=O) groups is 1. The van der Waals surface area contributed by atoms with Crippen LogP contribution in [0.15, 0.2) is 130 Å². The Bertz CT molecular complexity index is 1440. The van der Waals surface area contributed by atoms with Crippen LogP contribution in [-0.2, 0) is 14.3 Å². The van der Waals surface area contributed by atoms with E-state index in [-0.39, 0.29) is 11.0 Å². The number of ether oxygens (including phenoxy) is 2. The fraction of sp³-hybridized carbons (Fsp3) is 0.439. The Balaban J connectivity index is 1.85. The van der Waals surface area contributed by atoms with Crippen molar-refractivity contribution in [1.82, 2.24) is 0 Å². The van der Waals surface area contributed by atoms with E-state index in [1.165, 1.54) is 36.0 Å². The molecule has 262 valence electrons. The maximum atomic E-state index is 12.4. The van der Waals surface area contributed by atoms with Gasteiger partial charge in [-0.25, -0.2) is 4.79 Å². The van der Waals surface area contributed by atoms with Gasteiger partial charge in [-0.05, 0) is 71.8 Å². The number of allylic oxidation sites excluding steroid dienone is 21. The van der Waals surface area contributed by atoms with Crippen LogP contribution in [0, 0.1) is 5.41 Å². The molecule has 48 heavy (non-hydrogen) atoms. The Hall–Kier alpha value is -3.59. The first-order valence-electron chi connectivity index (χ1n) is 16.6. The van der Waals surface area contributed by atoms with Crippen molar-refractivity contribution in [3.63, 3.8) is 0 Å². The summed E-state index contributed by atoms with van der Waals surface area (Å²) in [5.74, 6) is -0.762. The highest BCUT2D eigenvalue weighted by atomic mass is 16.7. The number of esters is 1. The van der Waals surface area contributed by atoms with Gasteiger partial charge in [-0.15, -0.1) is 0 Å². The molecular weight excluding hydrogens is 604 g/mol. The smallest absolute Gasteiger partial charge is 0.336 e. The summed E-state index contributed by atoms with van der Waals surface area (Å²) in [5, 5.41) is 39.0. The maximum absolute atomic E-state index is 12.4. The molecule has 0 bridgehead atoms. The van der Waals surface area contributed by atoms with Crippen molar-refractivity contribution in [3.8, 4) is 0 Å². The van der Waals surface area contributed by atoms with Crippen molar-refractivity contribution in [2.45, 2.75) is 105 Å². The molecule has 4 N–H and O–H groups in total. The van der Waals surface area contributed by atoms with Gasteiger partial charge in [0.15, 0.2) is 0 Å². The van der Waals surface area contributed by atoms with Crippen LogP contribution in [0.4, 0.5) is 0 Å². The zero-order chi connectivity index (χ0) is 35.9. The van der Waals surface area contributed by atoms with Gasteiger partial charge in [0.2, 0.25) is 6.29 Å². The summed E-state index contributed by atoms with van der Waals surface area (Å²) in [6.07, 6.45) is 26.3. The first-order chi connectivity index (χ1) is 22.7.